The van der Waals surface area contributed by atoms with E-state index in [-0.39, 0.29) is 50.1 Å². The van der Waals surface area contributed by atoms with E-state index in [0.717, 1.165) is 0 Å². The number of carbonyl (C=O) groups is 9. The number of thioether (sulfide) groups is 1. The molecule has 8 amide bonds. The molecule has 80 heavy (non-hydrogen) atoms. The molecule has 2 aliphatic rings. The summed E-state index contributed by atoms with van der Waals surface area (Å²) in [5.41, 5.74) is 14.4. The van der Waals surface area contributed by atoms with Gasteiger partial charge in [-0.2, -0.15) is 0 Å². The Morgan fingerprint density at radius 3 is 1.93 bits per heavy atom. The molecule has 2 fully saturated rings. The fourth-order valence-corrected chi connectivity index (χ4v) is 10.3. The summed E-state index contributed by atoms with van der Waals surface area (Å²) in [6.45, 7) is 3.49. The Labute approximate surface area is 469 Å². The normalized spacial score (nSPS) is 20.9. The van der Waals surface area contributed by atoms with Crippen molar-refractivity contribution in [1.29, 1.82) is 0 Å². The van der Waals surface area contributed by atoms with Crippen LogP contribution in [-0.4, -0.2) is 141 Å². The molecule has 0 radical (unpaired) electrons. The molecule has 9 atom stereocenters. The number of nitrogens with one attached hydrogen (secondary N) is 7. The van der Waals surface area contributed by atoms with Crippen molar-refractivity contribution in [2.45, 2.75) is 126 Å². The van der Waals surface area contributed by atoms with E-state index in [0.29, 0.717) is 72.7 Å². The monoisotopic (exact) mass is 1120 g/mol. The van der Waals surface area contributed by atoms with Gasteiger partial charge in [-0.05, 0) is 84.7 Å². The Morgan fingerprint density at radius 2 is 1.29 bits per heavy atom. The van der Waals surface area contributed by atoms with Crippen molar-refractivity contribution in [2.24, 2.45) is 17.4 Å². The zero-order chi connectivity index (χ0) is 57.7. The average molecular weight is 1120 g/mol. The first-order valence-corrected chi connectivity index (χ1v) is 28.1. The van der Waals surface area contributed by atoms with Crippen LogP contribution in [0, 0.1) is 5.92 Å². The van der Waals surface area contributed by atoms with Crippen molar-refractivity contribution in [2.75, 3.05) is 25.4 Å². The van der Waals surface area contributed by atoms with Crippen LogP contribution in [0.1, 0.15) is 74.6 Å². The number of amides is 8. The van der Waals surface area contributed by atoms with E-state index in [1.165, 1.54) is 29.2 Å². The van der Waals surface area contributed by atoms with Gasteiger partial charge in [-0.15, -0.1) is 0 Å². The van der Waals surface area contributed by atoms with Crippen molar-refractivity contribution in [1.82, 2.24) is 42.1 Å². The number of phenols is 2. The summed E-state index contributed by atoms with van der Waals surface area (Å²) in [6, 6.07) is 20.0. The van der Waals surface area contributed by atoms with Gasteiger partial charge in [0.2, 0.25) is 52.4 Å². The average Bonchev–Trinajstić information content (AvgIpc) is 3.97. The number of aromatic hydroxyl groups is 2. The van der Waals surface area contributed by atoms with Gasteiger partial charge in [0.1, 0.15) is 53.8 Å². The van der Waals surface area contributed by atoms with E-state index in [4.69, 9.17) is 11.5 Å². The maximum atomic E-state index is 14.8. The highest BCUT2D eigenvalue weighted by molar-refractivity contribution is 8.13. The number of carbonyl (C=O) groups excluding carboxylic acids is 9. The Balaban J connectivity index is 1.28. The lowest BCUT2D eigenvalue weighted by atomic mass is 9.97. The number of hydrogen-bond acceptors (Lipinski definition) is 14. The van der Waals surface area contributed by atoms with Crippen LogP contribution in [-0.2, 0) is 68.8 Å². The topological polar surface area (TPSA) is 334 Å². The first-order valence-electron chi connectivity index (χ1n) is 27.1. The van der Waals surface area contributed by atoms with E-state index in [9.17, 15) is 53.4 Å². The van der Waals surface area contributed by atoms with Crippen LogP contribution >= 0.6 is 11.8 Å². The third kappa shape index (κ3) is 18.4. The maximum absolute atomic E-state index is 14.8. The summed E-state index contributed by atoms with van der Waals surface area (Å²) in [5.74, 6) is -6.63. The molecule has 0 aliphatic carbocycles. The lowest BCUT2D eigenvalue weighted by molar-refractivity contribution is -0.142. The fourth-order valence-electron chi connectivity index (χ4n) is 9.41. The number of phenolic OH excluding ortho intramolecular Hbond substituents is 2. The first-order chi connectivity index (χ1) is 38.4. The van der Waals surface area contributed by atoms with Gasteiger partial charge in [-0.25, -0.2) is 0 Å². The molecule has 0 saturated carbocycles. The molecule has 0 unspecified atom stereocenters. The predicted molar refractivity (Wildman–Crippen MR) is 301 cm³/mol. The summed E-state index contributed by atoms with van der Waals surface area (Å²) < 4.78 is 0. The van der Waals surface area contributed by atoms with Crippen molar-refractivity contribution < 1.29 is 53.4 Å². The Bertz CT molecular complexity index is 2760. The number of benzene rings is 4. The van der Waals surface area contributed by atoms with E-state index in [1.54, 1.807) is 98.8 Å². The minimum Gasteiger partial charge on any atom is -0.508 e. The molecule has 13 N–H and O–H groups in total. The highest BCUT2D eigenvalue weighted by Crippen LogP contribution is 2.23. The largest absolute Gasteiger partial charge is 0.508 e. The first kappa shape index (κ1) is 61.4. The number of hydrogen-bond donors (Lipinski definition) is 11. The van der Waals surface area contributed by atoms with E-state index in [1.807, 2.05) is 0 Å². The molecular weight excluding hydrogens is 1040 g/mol. The van der Waals surface area contributed by atoms with Gasteiger partial charge in [-0.1, -0.05) is 123 Å². The molecule has 0 spiro atoms. The quantitative estimate of drug-likeness (QED) is 0.0522. The van der Waals surface area contributed by atoms with Crippen LogP contribution < -0.4 is 48.7 Å². The SMILES string of the molecule is CC[C@H](C)[C@@H]1NC(=O)[C@@H](NC(=O)[C@H](Cc2ccccc2)NC(=O)[C@@H]2CCCN2C(=O)[C@H](Cc2ccc(O)cc2)NC(=O)[C@@H](N)CCCCN)CSC(=O)[C@H](Cc2ccccc2)NC(=O)[C@H](Cc2ccc(O)cc2)NC(=O)CNC1=O. The summed E-state index contributed by atoms with van der Waals surface area (Å²) in [4.78, 5) is 130. The Kier molecular flexibility index (Phi) is 23.4. The zero-order valence-corrected chi connectivity index (χ0v) is 45.9. The number of nitrogens with two attached hydrogens (primary N) is 2. The molecule has 22 heteroatoms. The second-order valence-corrected chi connectivity index (χ2v) is 21.3. The van der Waals surface area contributed by atoms with Crippen LogP contribution in [0.2, 0.25) is 0 Å². The van der Waals surface area contributed by atoms with E-state index >= 15 is 0 Å². The number of nitrogens with zero attached hydrogens (tertiary/aromatic N) is 1. The van der Waals surface area contributed by atoms with E-state index in [2.05, 4.69) is 37.2 Å². The molecule has 6 rings (SSSR count). The third-order valence-electron chi connectivity index (χ3n) is 14.2. The fraction of sp³-hybridized carbons (Fsp3) is 0.431. The van der Waals surface area contributed by atoms with E-state index < -0.39 is 119 Å². The number of unbranched alkanes of at least 4 members (excludes halogenated alkanes) is 1. The van der Waals surface area contributed by atoms with Crippen LogP contribution in [0.15, 0.2) is 109 Å². The Hall–Kier alpha value is -7.82. The van der Waals surface area contributed by atoms with Gasteiger partial charge < -0.3 is 63.8 Å². The van der Waals surface area contributed by atoms with Crippen molar-refractivity contribution >= 4 is 64.1 Å². The van der Waals surface area contributed by atoms with Crippen LogP contribution in [0.5, 0.6) is 11.5 Å². The minimum atomic E-state index is -1.53. The molecule has 4 aromatic rings. The molecule has 21 nitrogen and oxygen atoms in total. The molecular formula is C58H74N10O11S. The second-order valence-electron chi connectivity index (χ2n) is 20.3. The van der Waals surface area contributed by atoms with Crippen molar-refractivity contribution in [3.05, 3.63) is 131 Å². The summed E-state index contributed by atoms with van der Waals surface area (Å²) >= 11 is 0.655. The summed E-state index contributed by atoms with van der Waals surface area (Å²) in [7, 11) is 0. The van der Waals surface area contributed by atoms with Crippen LogP contribution in [0.3, 0.4) is 0 Å². The zero-order valence-electron chi connectivity index (χ0n) is 45.1. The molecule has 0 aromatic heterocycles. The van der Waals surface area contributed by atoms with Gasteiger partial charge in [0.25, 0.3) is 0 Å². The summed E-state index contributed by atoms with van der Waals surface area (Å²) in [5, 5.41) is 38.4. The molecule has 0 bridgehead atoms. The predicted octanol–water partition coefficient (Wildman–Crippen LogP) is 1.16. The number of likely N-dealkylation sites (tertiary alicyclic amines) is 1. The van der Waals surface area contributed by atoms with Crippen LogP contribution in [0.25, 0.3) is 0 Å². The number of rotatable bonds is 21. The van der Waals surface area contributed by atoms with Gasteiger partial charge in [0, 0.05) is 38.0 Å². The smallest absolute Gasteiger partial charge is 0.246 e. The lowest BCUT2D eigenvalue weighted by Gasteiger charge is -2.31. The van der Waals surface area contributed by atoms with Gasteiger partial charge in [-0.3, -0.25) is 43.2 Å². The molecule has 2 heterocycles. The van der Waals surface area contributed by atoms with Crippen molar-refractivity contribution in [3.8, 4) is 11.5 Å². The second kappa shape index (κ2) is 30.5. The maximum Gasteiger partial charge on any atom is 0.246 e. The third-order valence-corrected chi connectivity index (χ3v) is 15.3. The van der Waals surface area contributed by atoms with Gasteiger partial charge >= 0.3 is 0 Å². The van der Waals surface area contributed by atoms with Crippen LogP contribution in [0.4, 0.5) is 0 Å². The molecule has 2 saturated heterocycles. The molecule has 2 aliphatic heterocycles. The van der Waals surface area contributed by atoms with Gasteiger partial charge in [0.05, 0.1) is 12.6 Å². The van der Waals surface area contributed by atoms with Gasteiger partial charge in [0.15, 0.2) is 0 Å². The highest BCUT2D eigenvalue weighted by Gasteiger charge is 2.41. The lowest BCUT2D eigenvalue weighted by Crippen LogP contribution is -2.61. The highest BCUT2D eigenvalue weighted by atomic mass is 32.2. The standard InChI is InChI=1S/C58H74N10O11S/c1-3-35(2)50-56(77)61-33-49(71)62-43(30-38-19-23-40(69)24-20-38)52(73)65-46(32-37-15-8-5-9-16-37)58(79)80-34-47(54(75)67-50)66-53(74)44(29-36-13-6-4-7-14-36)63-55(76)48-18-12-28-68(48)57(78)45(31-39-21-25-41(70)26-22-39)64-51(72)42(60)17-10-11-27-59/h4-9,13-16,19-26,35,42-48,50,69-70H,3,10-12,17-18,27-34,59-60H2,1-2H3,(H,61,77)(H,62,71)(H,63,76)(H,64,72)(H,65,73)(H,66,74)(H,67,75)/t35-,42-,43-,44-,45-,46-,47-,48-,50-/m0/s1. The Morgan fingerprint density at radius 1 is 0.700 bits per heavy atom. The van der Waals surface area contributed by atoms with Crippen molar-refractivity contribution in [3.63, 3.8) is 0 Å². The minimum absolute atomic E-state index is 0.00282. The molecule has 428 valence electrons. The summed E-state index contributed by atoms with van der Waals surface area (Å²) in [6.07, 6.45) is 2.45. The molecule has 4 aromatic carbocycles.